The van der Waals surface area contributed by atoms with Crippen LogP contribution >= 0.6 is 11.6 Å². The SMILES string of the molecule is O=C(Nc1ccc(F)c(Cl)c1)C1CCN(c2cc(C(F)(F)F)ncn2)CC1. The van der Waals surface area contributed by atoms with Crippen molar-refractivity contribution in [1.82, 2.24) is 9.97 Å². The molecule has 2 aromatic rings. The fourth-order valence-corrected chi connectivity index (χ4v) is 3.04. The van der Waals surface area contributed by atoms with Crippen molar-refractivity contribution < 1.29 is 22.4 Å². The van der Waals surface area contributed by atoms with E-state index in [-0.39, 0.29) is 22.7 Å². The van der Waals surface area contributed by atoms with Gasteiger partial charge in [-0.25, -0.2) is 14.4 Å². The van der Waals surface area contributed by atoms with Gasteiger partial charge in [0.15, 0.2) is 0 Å². The molecule has 1 saturated heterocycles. The van der Waals surface area contributed by atoms with Crippen LogP contribution in [0.1, 0.15) is 18.5 Å². The lowest BCUT2D eigenvalue weighted by molar-refractivity contribution is -0.141. The molecule has 0 spiro atoms. The van der Waals surface area contributed by atoms with Gasteiger partial charge in [0.1, 0.15) is 23.7 Å². The number of nitrogens with zero attached hydrogens (tertiary/aromatic N) is 3. The molecule has 0 unspecified atom stereocenters. The van der Waals surface area contributed by atoms with Crippen LogP contribution < -0.4 is 10.2 Å². The number of amides is 1. The van der Waals surface area contributed by atoms with Crippen LogP contribution in [0.15, 0.2) is 30.6 Å². The predicted octanol–water partition coefficient (Wildman–Crippen LogP) is 4.14. The van der Waals surface area contributed by atoms with E-state index < -0.39 is 17.7 Å². The molecule has 144 valence electrons. The molecule has 0 atom stereocenters. The number of hydrogen-bond acceptors (Lipinski definition) is 4. The molecule has 1 aliphatic rings. The second-order valence-electron chi connectivity index (χ2n) is 6.14. The summed E-state index contributed by atoms with van der Waals surface area (Å²) in [6.45, 7) is 0.771. The Morgan fingerprint density at radius 1 is 1.19 bits per heavy atom. The molecule has 27 heavy (non-hydrogen) atoms. The Balaban J connectivity index is 1.60. The van der Waals surface area contributed by atoms with Crippen LogP contribution in [0, 0.1) is 11.7 Å². The first-order valence-electron chi connectivity index (χ1n) is 8.14. The first kappa shape index (κ1) is 19.3. The largest absolute Gasteiger partial charge is 0.433 e. The van der Waals surface area contributed by atoms with E-state index in [9.17, 15) is 22.4 Å². The normalized spacial score (nSPS) is 15.7. The minimum atomic E-state index is -4.54. The maximum atomic E-state index is 13.2. The fourth-order valence-electron chi connectivity index (χ4n) is 2.86. The van der Waals surface area contributed by atoms with Gasteiger partial charge in [0, 0.05) is 30.8 Å². The van der Waals surface area contributed by atoms with Crippen molar-refractivity contribution in [3.05, 3.63) is 47.1 Å². The van der Waals surface area contributed by atoms with Crippen LogP contribution in [-0.2, 0) is 11.0 Å². The fraction of sp³-hybridized carbons (Fsp3) is 0.353. The molecular formula is C17H15ClF4N4O. The lowest BCUT2D eigenvalue weighted by Crippen LogP contribution is -2.38. The highest BCUT2D eigenvalue weighted by molar-refractivity contribution is 6.31. The zero-order valence-electron chi connectivity index (χ0n) is 13.9. The monoisotopic (exact) mass is 402 g/mol. The quantitative estimate of drug-likeness (QED) is 0.784. The van der Waals surface area contributed by atoms with E-state index in [2.05, 4.69) is 15.3 Å². The van der Waals surface area contributed by atoms with E-state index >= 15 is 0 Å². The van der Waals surface area contributed by atoms with Crippen molar-refractivity contribution in [3.8, 4) is 0 Å². The van der Waals surface area contributed by atoms with Crippen molar-refractivity contribution >= 4 is 29.0 Å². The van der Waals surface area contributed by atoms with E-state index in [0.29, 0.717) is 31.6 Å². The zero-order chi connectivity index (χ0) is 19.6. The van der Waals surface area contributed by atoms with Crippen LogP contribution in [-0.4, -0.2) is 29.0 Å². The van der Waals surface area contributed by atoms with E-state index in [1.54, 1.807) is 4.90 Å². The van der Waals surface area contributed by atoms with Crippen molar-refractivity contribution in [3.63, 3.8) is 0 Å². The Morgan fingerprint density at radius 2 is 1.89 bits per heavy atom. The van der Waals surface area contributed by atoms with Crippen LogP contribution in [0.3, 0.4) is 0 Å². The number of aromatic nitrogens is 2. The highest BCUT2D eigenvalue weighted by Crippen LogP contribution is 2.30. The molecule has 1 aliphatic heterocycles. The number of alkyl halides is 3. The van der Waals surface area contributed by atoms with Gasteiger partial charge in [-0.1, -0.05) is 11.6 Å². The first-order chi connectivity index (χ1) is 12.7. The number of rotatable bonds is 3. The number of halogens is 5. The molecule has 1 fully saturated rings. The van der Waals surface area contributed by atoms with Gasteiger partial charge >= 0.3 is 6.18 Å². The van der Waals surface area contributed by atoms with Gasteiger partial charge in [-0.2, -0.15) is 13.2 Å². The molecule has 1 aromatic heterocycles. The van der Waals surface area contributed by atoms with Gasteiger partial charge in [-0.3, -0.25) is 4.79 Å². The van der Waals surface area contributed by atoms with Gasteiger partial charge in [-0.15, -0.1) is 0 Å². The topological polar surface area (TPSA) is 58.1 Å². The third-order valence-corrected chi connectivity index (χ3v) is 4.61. The second-order valence-corrected chi connectivity index (χ2v) is 6.55. The number of carbonyl (C=O) groups excluding carboxylic acids is 1. The molecule has 3 rings (SSSR count). The summed E-state index contributed by atoms with van der Waals surface area (Å²) in [6, 6.07) is 4.80. The van der Waals surface area contributed by atoms with Crippen molar-refractivity contribution in [2.45, 2.75) is 19.0 Å². The molecule has 0 bridgehead atoms. The van der Waals surface area contributed by atoms with Gasteiger partial charge in [0.05, 0.1) is 5.02 Å². The molecule has 1 aromatic carbocycles. The Hall–Kier alpha value is -2.42. The lowest BCUT2D eigenvalue weighted by Gasteiger charge is -2.32. The highest BCUT2D eigenvalue weighted by atomic mass is 35.5. The van der Waals surface area contributed by atoms with Gasteiger partial charge in [-0.05, 0) is 31.0 Å². The number of hydrogen-bond donors (Lipinski definition) is 1. The third-order valence-electron chi connectivity index (χ3n) is 4.32. The maximum absolute atomic E-state index is 13.2. The highest BCUT2D eigenvalue weighted by Gasteiger charge is 2.34. The van der Waals surface area contributed by atoms with Gasteiger partial charge < -0.3 is 10.2 Å². The van der Waals surface area contributed by atoms with Gasteiger partial charge in [0.25, 0.3) is 0 Å². The third kappa shape index (κ3) is 4.65. The number of carbonyl (C=O) groups is 1. The predicted molar refractivity (Wildman–Crippen MR) is 92.0 cm³/mol. The Bertz CT molecular complexity index is 838. The van der Waals surface area contributed by atoms with Crippen molar-refractivity contribution in [2.75, 3.05) is 23.3 Å². The number of benzene rings is 1. The Kier molecular flexibility index (Phi) is 5.50. The second kappa shape index (κ2) is 7.67. The molecule has 1 amide bonds. The molecular weight excluding hydrogens is 388 g/mol. The molecule has 10 heteroatoms. The summed E-state index contributed by atoms with van der Waals surface area (Å²) in [6.07, 6.45) is -2.75. The minimum absolute atomic E-state index is 0.0909. The van der Waals surface area contributed by atoms with E-state index in [4.69, 9.17) is 11.6 Å². The Labute approximate surface area is 157 Å². The smallest absolute Gasteiger partial charge is 0.356 e. The summed E-state index contributed by atoms with van der Waals surface area (Å²) in [7, 11) is 0. The Morgan fingerprint density at radius 3 is 2.52 bits per heavy atom. The zero-order valence-corrected chi connectivity index (χ0v) is 14.7. The average Bonchev–Trinajstić information content (AvgIpc) is 2.64. The summed E-state index contributed by atoms with van der Waals surface area (Å²) < 4.78 is 51.5. The molecule has 1 N–H and O–H groups in total. The average molecular weight is 403 g/mol. The van der Waals surface area contributed by atoms with Crippen LogP contribution in [0.25, 0.3) is 0 Å². The number of nitrogens with one attached hydrogen (secondary N) is 1. The molecule has 2 heterocycles. The standard InChI is InChI=1S/C17H15ClF4N4O/c18-12-7-11(1-2-13(12)19)25-16(27)10-3-5-26(6-4-10)15-8-14(17(20,21)22)23-9-24-15/h1-2,7-10H,3-6H2,(H,25,27). The van der Waals surface area contributed by atoms with Crippen LogP contribution in [0.5, 0.6) is 0 Å². The minimum Gasteiger partial charge on any atom is -0.356 e. The van der Waals surface area contributed by atoms with E-state index in [1.165, 1.54) is 12.1 Å². The lowest BCUT2D eigenvalue weighted by atomic mass is 9.95. The summed E-state index contributed by atoms with van der Waals surface area (Å²) >= 11 is 5.69. The maximum Gasteiger partial charge on any atom is 0.433 e. The van der Waals surface area contributed by atoms with E-state index in [0.717, 1.165) is 18.5 Å². The molecule has 5 nitrogen and oxygen atoms in total. The van der Waals surface area contributed by atoms with Crippen molar-refractivity contribution in [2.24, 2.45) is 5.92 Å². The van der Waals surface area contributed by atoms with E-state index in [1.807, 2.05) is 0 Å². The number of anilines is 2. The van der Waals surface area contributed by atoms with Crippen molar-refractivity contribution in [1.29, 1.82) is 0 Å². The summed E-state index contributed by atoms with van der Waals surface area (Å²) in [5, 5.41) is 2.59. The van der Waals surface area contributed by atoms with Crippen LogP contribution in [0.4, 0.5) is 29.1 Å². The summed E-state index contributed by atoms with van der Waals surface area (Å²) in [5.41, 5.74) is -0.611. The first-order valence-corrected chi connectivity index (χ1v) is 8.52. The van der Waals surface area contributed by atoms with Crippen LogP contribution in [0.2, 0.25) is 5.02 Å². The summed E-state index contributed by atoms with van der Waals surface area (Å²) in [4.78, 5) is 21.2. The number of piperidine rings is 1. The summed E-state index contributed by atoms with van der Waals surface area (Å²) in [5.74, 6) is -0.947. The molecule has 0 aliphatic carbocycles. The van der Waals surface area contributed by atoms with Gasteiger partial charge in [0.2, 0.25) is 5.91 Å². The molecule has 0 saturated carbocycles. The molecule has 0 radical (unpaired) electrons.